The normalized spacial score (nSPS) is 23.3. The Kier molecular flexibility index (Phi) is 5.61. The predicted molar refractivity (Wildman–Crippen MR) is 76.7 cm³/mol. The molecule has 2 rings (SSSR count). The zero-order valence-electron chi connectivity index (χ0n) is 10.3. The molecule has 0 amide bonds. The van der Waals surface area contributed by atoms with E-state index in [0.717, 1.165) is 19.3 Å². The van der Waals surface area contributed by atoms with Gasteiger partial charge in [-0.05, 0) is 31.2 Å². The maximum atomic E-state index is 12.4. The Morgan fingerprint density at radius 3 is 2.78 bits per heavy atom. The second-order valence-electron chi connectivity index (χ2n) is 4.47. The molecule has 2 N–H and O–H groups in total. The lowest BCUT2D eigenvalue weighted by Crippen LogP contribution is -2.51. The van der Waals surface area contributed by atoms with Crippen LogP contribution in [0.4, 0.5) is 0 Å². The van der Waals surface area contributed by atoms with Crippen LogP contribution in [0.15, 0.2) is 21.7 Å². The van der Waals surface area contributed by atoms with E-state index in [1.54, 1.807) is 21.8 Å². The van der Waals surface area contributed by atoms with Crippen molar-refractivity contribution in [3.8, 4) is 0 Å². The molecular formula is C11H19ClN2O2S2. The minimum Gasteiger partial charge on any atom is -0.326 e. The molecule has 1 aromatic rings. The summed E-state index contributed by atoms with van der Waals surface area (Å²) in [5.41, 5.74) is 5.90. The number of piperidine rings is 1. The first-order valence-corrected chi connectivity index (χ1v) is 8.16. The number of rotatable bonds is 3. The number of halogens is 1. The van der Waals surface area contributed by atoms with Crippen molar-refractivity contribution in [1.29, 1.82) is 0 Å². The summed E-state index contributed by atoms with van der Waals surface area (Å²) in [4.78, 5) is 0. The van der Waals surface area contributed by atoms with Gasteiger partial charge in [0.05, 0.1) is 0 Å². The first-order valence-electron chi connectivity index (χ1n) is 5.84. The molecular weight excluding hydrogens is 292 g/mol. The van der Waals surface area contributed by atoms with Gasteiger partial charge in [0.2, 0.25) is 0 Å². The Morgan fingerprint density at radius 1 is 1.50 bits per heavy atom. The average Bonchev–Trinajstić information content (AvgIpc) is 2.83. The average molecular weight is 311 g/mol. The number of sulfonamides is 1. The van der Waals surface area contributed by atoms with Crippen LogP contribution in [0.3, 0.4) is 0 Å². The second-order valence-corrected chi connectivity index (χ2v) is 7.54. The minimum absolute atomic E-state index is 0. The molecule has 1 aliphatic rings. The van der Waals surface area contributed by atoms with Crippen LogP contribution in [-0.2, 0) is 10.0 Å². The van der Waals surface area contributed by atoms with E-state index in [9.17, 15) is 8.42 Å². The molecule has 4 nitrogen and oxygen atoms in total. The molecule has 2 unspecified atom stereocenters. The van der Waals surface area contributed by atoms with Gasteiger partial charge >= 0.3 is 0 Å². The molecule has 0 radical (unpaired) electrons. The summed E-state index contributed by atoms with van der Waals surface area (Å²) in [6.45, 7) is 2.47. The maximum Gasteiger partial charge on any atom is 0.252 e. The first-order chi connectivity index (χ1) is 8.03. The lowest BCUT2D eigenvalue weighted by molar-refractivity contribution is 0.227. The summed E-state index contributed by atoms with van der Waals surface area (Å²) in [6, 6.07) is 3.25. The standard InChI is InChI=1S/C11H18N2O2S2.ClH/c1-9(12)10-5-2-3-7-13(10)17(14,15)11-6-4-8-16-11;/h4,6,8-10H,2-3,5,7,12H2,1H3;1H. The van der Waals surface area contributed by atoms with Crippen LogP contribution in [0.5, 0.6) is 0 Å². The van der Waals surface area contributed by atoms with Crippen molar-refractivity contribution < 1.29 is 8.42 Å². The summed E-state index contributed by atoms with van der Waals surface area (Å²) in [6.07, 6.45) is 2.85. The fourth-order valence-electron chi connectivity index (χ4n) is 2.28. The molecule has 2 atom stereocenters. The van der Waals surface area contributed by atoms with Crippen molar-refractivity contribution in [2.45, 2.75) is 42.5 Å². The third-order valence-corrected chi connectivity index (χ3v) is 6.46. The van der Waals surface area contributed by atoms with Crippen molar-refractivity contribution in [2.24, 2.45) is 5.73 Å². The van der Waals surface area contributed by atoms with Crippen LogP contribution in [0.2, 0.25) is 0 Å². The summed E-state index contributed by atoms with van der Waals surface area (Å²) in [5.74, 6) is 0. The molecule has 18 heavy (non-hydrogen) atoms. The van der Waals surface area contributed by atoms with Crippen LogP contribution in [0, 0.1) is 0 Å². The van der Waals surface area contributed by atoms with Gasteiger partial charge in [0.1, 0.15) is 4.21 Å². The molecule has 0 aromatic carbocycles. The molecule has 1 saturated heterocycles. The Balaban J connectivity index is 0.00000162. The molecule has 0 bridgehead atoms. The van der Waals surface area contributed by atoms with Gasteiger partial charge in [-0.3, -0.25) is 0 Å². The molecule has 1 fully saturated rings. The number of hydrogen-bond donors (Lipinski definition) is 1. The van der Waals surface area contributed by atoms with E-state index in [1.807, 2.05) is 6.92 Å². The van der Waals surface area contributed by atoms with Crippen molar-refractivity contribution >= 4 is 33.8 Å². The maximum absolute atomic E-state index is 12.4. The molecule has 7 heteroatoms. The van der Waals surface area contributed by atoms with Gasteiger partial charge in [0.15, 0.2) is 0 Å². The van der Waals surface area contributed by atoms with Gasteiger partial charge in [0, 0.05) is 18.6 Å². The van der Waals surface area contributed by atoms with Gasteiger partial charge in [-0.15, -0.1) is 23.7 Å². The largest absolute Gasteiger partial charge is 0.326 e. The quantitative estimate of drug-likeness (QED) is 0.929. The highest BCUT2D eigenvalue weighted by atomic mass is 35.5. The summed E-state index contributed by atoms with van der Waals surface area (Å²) < 4.78 is 26.9. The van der Waals surface area contributed by atoms with Crippen LogP contribution >= 0.6 is 23.7 Å². The van der Waals surface area contributed by atoms with Crippen molar-refractivity contribution in [2.75, 3.05) is 6.54 Å². The number of nitrogens with two attached hydrogens (primary N) is 1. The monoisotopic (exact) mass is 310 g/mol. The lowest BCUT2D eigenvalue weighted by atomic mass is 10.00. The number of hydrogen-bond acceptors (Lipinski definition) is 4. The minimum atomic E-state index is -3.34. The summed E-state index contributed by atoms with van der Waals surface area (Å²) >= 11 is 1.27. The van der Waals surface area contributed by atoms with Crippen LogP contribution < -0.4 is 5.73 Å². The van der Waals surface area contributed by atoms with Gasteiger partial charge in [0.25, 0.3) is 10.0 Å². The van der Waals surface area contributed by atoms with Crippen molar-refractivity contribution in [1.82, 2.24) is 4.31 Å². The first kappa shape index (κ1) is 15.9. The molecule has 0 aliphatic carbocycles. The molecule has 2 heterocycles. The van der Waals surface area contributed by atoms with Crippen LogP contribution in [0.1, 0.15) is 26.2 Å². The SMILES string of the molecule is CC(N)C1CCCCN1S(=O)(=O)c1cccs1.Cl. The van der Waals surface area contributed by atoms with Crippen molar-refractivity contribution in [3.05, 3.63) is 17.5 Å². The Hall–Kier alpha value is -0.140. The Labute approximate surface area is 119 Å². The van der Waals surface area contributed by atoms with Crippen LogP contribution in [0.25, 0.3) is 0 Å². The van der Waals surface area contributed by atoms with E-state index < -0.39 is 10.0 Å². The third-order valence-electron chi connectivity index (χ3n) is 3.16. The van der Waals surface area contributed by atoms with E-state index in [0.29, 0.717) is 10.8 Å². The highest BCUT2D eigenvalue weighted by molar-refractivity contribution is 7.91. The molecule has 1 aliphatic heterocycles. The number of thiophene rings is 1. The second kappa shape index (κ2) is 6.34. The molecule has 0 saturated carbocycles. The van der Waals surface area contributed by atoms with Crippen molar-refractivity contribution in [3.63, 3.8) is 0 Å². The van der Waals surface area contributed by atoms with E-state index in [4.69, 9.17) is 5.73 Å². The van der Waals surface area contributed by atoms with Crippen LogP contribution in [-0.4, -0.2) is 31.4 Å². The topological polar surface area (TPSA) is 63.4 Å². The number of nitrogens with zero attached hydrogens (tertiary/aromatic N) is 1. The zero-order valence-corrected chi connectivity index (χ0v) is 12.7. The van der Waals surface area contributed by atoms with E-state index in [2.05, 4.69) is 0 Å². The van der Waals surface area contributed by atoms with E-state index in [-0.39, 0.29) is 24.5 Å². The summed E-state index contributed by atoms with van der Waals surface area (Å²) in [7, 11) is -3.34. The lowest BCUT2D eigenvalue weighted by Gasteiger charge is -2.36. The van der Waals surface area contributed by atoms with E-state index >= 15 is 0 Å². The Bertz CT molecular complexity index is 459. The van der Waals surface area contributed by atoms with Gasteiger partial charge in [-0.25, -0.2) is 8.42 Å². The fraction of sp³-hybridized carbons (Fsp3) is 0.636. The highest BCUT2D eigenvalue weighted by Gasteiger charge is 2.35. The molecule has 0 spiro atoms. The fourth-order valence-corrected chi connectivity index (χ4v) is 5.17. The highest BCUT2D eigenvalue weighted by Crippen LogP contribution is 2.28. The smallest absolute Gasteiger partial charge is 0.252 e. The molecule has 1 aromatic heterocycles. The Morgan fingerprint density at radius 2 is 2.22 bits per heavy atom. The van der Waals surface area contributed by atoms with E-state index in [1.165, 1.54) is 11.3 Å². The summed E-state index contributed by atoms with van der Waals surface area (Å²) in [5, 5.41) is 1.79. The molecule has 104 valence electrons. The van der Waals surface area contributed by atoms with Gasteiger partial charge < -0.3 is 5.73 Å². The third kappa shape index (κ3) is 3.05. The predicted octanol–water partition coefficient (Wildman–Crippen LogP) is 2.06. The zero-order chi connectivity index (χ0) is 12.5. The van der Waals surface area contributed by atoms with Gasteiger partial charge in [-0.2, -0.15) is 4.31 Å². The van der Waals surface area contributed by atoms with Gasteiger partial charge in [-0.1, -0.05) is 12.5 Å².